The number of rotatable bonds is 4. The van der Waals surface area contributed by atoms with Crippen LogP contribution in [-0.4, -0.2) is 32.3 Å². The summed E-state index contributed by atoms with van der Waals surface area (Å²) in [5, 5.41) is 0.540. The number of hydrogen-bond acceptors (Lipinski definition) is 3. The van der Waals surface area contributed by atoms with Crippen LogP contribution in [0.1, 0.15) is 28.8 Å². The monoisotopic (exact) mass is 378 g/mol. The van der Waals surface area contributed by atoms with Crippen molar-refractivity contribution >= 4 is 33.2 Å². The molecule has 0 unspecified atom stereocenters. The number of nitrogens with one attached hydrogen (secondary N) is 1. The molecular weight excluding hydrogens is 360 g/mol. The number of carbonyl (C=O) groups is 1. The van der Waals surface area contributed by atoms with Crippen molar-refractivity contribution in [2.24, 2.45) is 0 Å². The van der Waals surface area contributed by atoms with Gasteiger partial charge in [-0.05, 0) is 61.7 Å². The van der Waals surface area contributed by atoms with Crippen molar-refractivity contribution in [3.05, 3.63) is 58.6 Å². The van der Waals surface area contributed by atoms with Gasteiger partial charge in [-0.25, -0.2) is 8.42 Å². The molecule has 0 radical (unpaired) electrons. The van der Waals surface area contributed by atoms with E-state index < -0.39 is 10.0 Å². The summed E-state index contributed by atoms with van der Waals surface area (Å²) in [4.78, 5) is 14.3. The van der Waals surface area contributed by atoms with Crippen molar-refractivity contribution in [3.8, 4) is 0 Å². The number of amides is 1. The molecule has 1 fully saturated rings. The Morgan fingerprint density at radius 2 is 1.84 bits per heavy atom. The minimum atomic E-state index is -3.79. The zero-order valence-corrected chi connectivity index (χ0v) is 15.4. The van der Waals surface area contributed by atoms with Crippen LogP contribution in [0.2, 0.25) is 5.02 Å². The Bertz CT molecular complexity index is 906. The Morgan fingerprint density at radius 3 is 2.52 bits per heavy atom. The number of sulfonamides is 1. The first-order valence-electron chi connectivity index (χ1n) is 8.05. The van der Waals surface area contributed by atoms with E-state index in [1.807, 2.05) is 0 Å². The van der Waals surface area contributed by atoms with Gasteiger partial charge in [-0.3, -0.25) is 9.52 Å². The van der Waals surface area contributed by atoms with E-state index in [0.29, 0.717) is 16.3 Å². The van der Waals surface area contributed by atoms with Crippen molar-refractivity contribution in [1.82, 2.24) is 4.90 Å². The zero-order valence-electron chi connectivity index (χ0n) is 13.8. The SMILES string of the molecule is Cc1cc(Cl)ccc1NS(=O)(=O)c1cccc(C(=O)N2CCCC2)c1. The average molecular weight is 379 g/mol. The largest absolute Gasteiger partial charge is 0.339 e. The second-order valence-corrected chi connectivity index (χ2v) is 8.21. The lowest BCUT2D eigenvalue weighted by molar-refractivity contribution is 0.0792. The summed E-state index contributed by atoms with van der Waals surface area (Å²) >= 11 is 5.90. The van der Waals surface area contributed by atoms with Gasteiger partial charge in [0.1, 0.15) is 0 Å². The number of anilines is 1. The molecule has 1 aliphatic rings. The Labute approximate surface area is 152 Å². The molecule has 1 saturated heterocycles. The summed E-state index contributed by atoms with van der Waals surface area (Å²) in [6.45, 7) is 3.22. The third-order valence-corrected chi connectivity index (χ3v) is 5.82. The number of likely N-dealkylation sites (tertiary alicyclic amines) is 1. The summed E-state index contributed by atoms with van der Waals surface area (Å²) in [7, 11) is -3.79. The fourth-order valence-corrected chi connectivity index (χ4v) is 4.25. The molecule has 0 spiro atoms. The molecule has 0 bridgehead atoms. The maximum absolute atomic E-state index is 12.7. The van der Waals surface area contributed by atoms with Crippen LogP contribution in [-0.2, 0) is 10.0 Å². The molecule has 0 aromatic heterocycles. The van der Waals surface area contributed by atoms with E-state index in [2.05, 4.69) is 4.72 Å². The van der Waals surface area contributed by atoms with Crippen molar-refractivity contribution in [2.75, 3.05) is 17.8 Å². The van der Waals surface area contributed by atoms with Crippen LogP contribution in [0.15, 0.2) is 47.4 Å². The van der Waals surface area contributed by atoms with Crippen LogP contribution in [0.25, 0.3) is 0 Å². The molecule has 132 valence electrons. The Kier molecular flexibility index (Phi) is 5.01. The molecule has 0 aliphatic carbocycles. The minimum absolute atomic E-state index is 0.0619. The van der Waals surface area contributed by atoms with Gasteiger partial charge >= 0.3 is 0 Å². The first-order chi connectivity index (χ1) is 11.9. The predicted octanol–water partition coefficient (Wildman–Crippen LogP) is 3.69. The molecule has 1 N–H and O–H groups in total. The highest BCUT2D eigenvalue weighted by atomic mass is 35.5. The standard InChI is InChI=1S/C18H19ClN2O3S/c1-13-11-15(19)7-8-17(13)20-25(23,24)16-6-4-5-14(12-16)18(22)21-9-2-3-10-21/h4-8,11-12,20H,2-3,9-10H2,1H3. The highest BCUT2D eigenvalue weighted by molar-refractivity contribution is 7.92. The van der Waals surface area contributed by atoms with Crippen molar-refractivity contribution in [3.63, 3.8) is 0 Å². The highest BCUT2D eigenvalue weighted by Gasteiger charge is 2.22. The van der Waals surface area contributed by atoms with Gasteiger partial charge < -0.3 is 4.90 Å². The van der Waals surface area contributed by atoms with E-state index in [9.17, 15) is 13.2 Å². The van der Waals surface area contributed by atoms with Gasteiger partial charge in [0.2, 0.25) is 0 Å². The number of hydrogen-bond donors (Lipinski definition) is 1. The van der Waals surface area contributed by atoms with E-state index in [1.165, 1.54) is 12.1 Å². The van der Waals surface area contributed by atoms with Crippen LogP contribution in [0.5, 0.6) is 0 Å². The molecule has 25 heavy (non-hydrogen) atoms. The van der Waals surface area contributed by atoms with Crippen LogP contribution in [0.3, 0.4) is 0 Å². The fraction of sp³-hybridized carbons (Fsp3) is 0.278. The average Bonchev–Trinajstić information content (AvgIpc) is 3.11. The molecule has 1 heterocycles. The molecule has 5 nitrogen and oxygen atoms in total. The quantitative estimate of drug-likeness (QED) is 0.882. The normalized spacial score (nSPS) is 14.6. The lowest BCUT2D eigenvalue weighted by atomic mass is 10.2. The van der Waals surface area contributed by atoms with E-state index in [1.54, 1.807) is 42.2 Å². The van der Waals surface area contributed by atoms with E-state index in [0.717, 1.165) is 31.5 Å². The first kappa shape index (κ1) is 17.8. The van der Waals surface area contributed by atoms with Crippen molar-refractivity contribution in [2.45, 2.75) is 24.7 Å². The number of aryl methyl sites for hydroxylation is 1. The second-order valence-electron chi connectivity index (χ2n) is 6.09. The van der Waals surface area contributed by atoms with Crippen LogP contribution in [0, 0.1) is 6.92 Å². The first-order valence-corrected chi connectivity index (χ1v) is 9.91. The number of nitrogens with zero attached hydrogens (tertiary/aromatic N) is 1. The molecule has 7 heteroatoms. The third kappa shape index (κ3) is 3.96. The van der Waals surface area contributed by atoms with Crippen molar-refractivity contribution < 1.29 is 13.2 Å². The van der Waals surface area contributed by atoms with E-state index in [-0.39, 0.29) is 10.8 Å². The lowest BCUT2D eigenvalue weighted by Gasteiger charge is -2.16. The Morgan fingerprint density at radius 1 is 1.12 bits per heavy atom. The summed E-state index contributed by atoms with van der Waals surface area (Å²) in [6, 6.07) is 11.1. The Hall–Kier alpha value is -2.05. The molecule has 2 aromatic rings. The van der Waals surface area contributed by atoms with Crippen LogP contribution in [0.4, 0.5) is 5.69 Å². The molecule has 1 amide bonds. The van der Waals surface area contributed by atoms with Crippen molar-refractivity contribution in [1.29, 1.82) is 0 Å². The number of carbonyl (C=O) groups excluding carboxylic acids is 1. The summed E-state index contributed by atoms with van der Waals surface area (Å²) in [5.74, 6) is -0.128. The zero-order chi connectivity index (χ0) is 18.0. The summed E-state index contributed by atoms with van der Waals surface area (Å²) in [6.07, 6.45) is 1.97. The van der Waals surface area contributed by atoms with Crippen LogP contribution >= 0.6 is 11.6 Å². The van der Waals surface area contributed by atoms with E-state index in [4.69, 9.17) is 11.6 Å². The Balaban J connectivity index is 1.87. The molecular formula is C18H19ClN2O3S. The van der Waals surface area contributed by atoms with Gasteiger partial charge in [-0.1, -0.05) is 17.7 Å². The highest BCUT2D eigenvalue weighted by Crippen LogP contribution is 2.23. The van der Waals surface area contributed by atoms with Gasteiger partial charge in [0.05, 0.1) is 10.6 Å². The smallest absolute Gasteiger partial charge is 0.261 e. The topological polar surface area (TPSA) is 66.5 Å². The fourth-order valence-electron chi connectivity index (χ4n) is 2.84. The van der Waals surface area contributed by atoms with Gasteiger partial charge in [0, 0.05) is 23.7 Å². The minimum Gasteiger partial charge on any atom is -0.339 e. The van der Waals surface area contributed by atoms with E-state index >= 15 is 0 Å². The number of halogens is 1. The van der Waals surface area contributed by atoms with Gasteiger partial charge in [0.25, 0.3) is 15.9 Å². The molecule has 3 rings (SSSR count). The maximum Gasteiger partial charge on any atom is 0.261 e. The summed E-state index contributed by atoms with van der Waals surface area (Å²) < 4.78 is 27.9. The maximum atomic E-state index is 12.7. The summed E-state index contributed by atoms with van der Waals surface area (Å²) in [5.41, 5.74) is 1.57. The third-order valence-electron chi connectivity index (χ3n) is 4.22. The lowest BCUT2D eigenvalue weighted by Crippen LogP contribution is -2.27. The second kappa shape index (κ2) is 7.06. The molecule has 0 atom stereocenters. The molecule has 0 saturated carbocycles. The van der Waals surface area contributed by atoms with Crippen LogP contribution < -0.4 is 4.72 Å². The predicted molar refractivity (Wildman–Crippen MR) is 98.6 cm³/mol. The van der Waals surface area contributed by atoms with Gasteiger partial charge in [-0.2, -0.15) is 0 Å². The molecule has 1 aliphatic heterocycles. The van der Waals surface area contributed by atoms with Gasteiger partial charge in [0.15, 0.2) is 0 Å². The molecule has 2 aromatic carbocycles. The number of benzene rings is 2. The van der Waals surface area contributed by atoms with Gasteiger partial charge in [-0.15, -0.1) is 0 Å².